The van der Waals surface area contributed by atoms with Gasteiger partial charge in [0.1, 0.15) is 17.0 Å². The molecule has 1 unspecified atom stereocenters. The van der Waals surface area contributed by atoms with Crippen LogP contribution in [-0.2, 0) is 22.0 Å². The predicted molar refractivity (Wildman–Crippen MR) is 114 cm³/mol. The van der Waals surface area contributed by atoms with Gasteiger partial charge in [0.2, 0.25) is 0 Å². The van der Waals surface area contributed by atoms with Gasteiger partial charge < -0.3 is 14.3 Å². The highest BCUT2D eigenvalue weighted by atomic mass is 32.2. The second kappa shape index (κ2) is 9.88. The number of nitrogens with zero attached hydrogens (tertiary/aromatic N) is 2. The second-order valence-electron chi connectivity index (χ2n) is 7.06. The largest absolute Gasteiger partial charge is 0.493 e. The molecule has 0 radical (unpaired) electrons. The van der Waals surface area contributed by atoms with E-state index in [-0.39, 0.29) is 24.4 Å². The lowest BCUT2D eigenvalue weighted by molar-refractivity contribution is -0.385. The highest BCUT2D eigenvalue weighted by molar-refractivity contribution is 7.72. The van der Waals surface area contributed by atoms with Crippen LogP contribution in [0.3, 0.4) is 0 Å². The molecular weight excluding hydrogens is 424 g/mol. The molecular formula is C21H24N2O7S. The summed E-state index contributed by atoms with van der Waals surface area (Å²) < 4.78 is 33.7. The van der Waals surface area contributed by atoms with Gasteiger partial charge in [0, 0.05) is 24.4 Å². The Balaban J connectivity index is 2.07. The van der Waals surface area contributed by atoms with E-state index in [9.17, 15) is 23.3 Å². The topological polar surface area (TPSA) is 116 Å². The Morgan fingerprint density at radius 3 is 2.68 bits per heavy atom. The fourth-order valence-corrected chi connectivity index (χ4v) is 4.53. The quantitative estimate of drug-likeness (QED) is 0.255. The molecule has 31 heavy (non-hydrogen) atoms. The maximum atomic E-state index is 12.1. The first-order valence-corrected chi connectivity index (χ1v) is 11.2. The number of methoxy groups -OCH3 is 1. The van der Waals surface area contributed by atoms with E-state index in [4.69, 9.17) is 9.47 Å². The molecule has 10 heteroatoms. The molecule has 3 rings (SSSR count). The van der Waals surface area contributed by atoms with Crippen LogP contribution in [-0.4, -0.2) is 44.0 Å². The number of rotatable bonds is 10. The van der Waals surface area contributed by atoms with Crippen LogP contribution in [0.15, 0.2) is 36.4 Å². The summed E-state index contributed by atoms with van der Waals surface area (Å²) in [6.07, 6.45) is 0.902. The summed E-state index contributed by atoms with van der Waals surface area (Å²) in [6, 6.07) is 8.68. The average Bonchev–Trinajstić information content (AvgIpc) is 3.12. The van der Waals surface area contributed by atoms with Crippen LogP contribution in [0.4, 0.5) is 5.69 Å². The van der Waals surface area contributed by atoms with Crippen LogP contribution in [0, 0.1) is 10.1 Å². The van der Waals surface area contributed by atoms with Crippen LogP contribution < -0.4 is 9.47 Å². The number of benzene rings is 2. The Morgan fingerprint density at radius 1 is 1.29 bits per heavy atom. The third kappa shape index (κ3) is 4.70. The smallest absolute Gasteiger partial charge is 0.274 e. The minimum absolute atomic E-state index is 0.0868. The number of ether oxygens (including phenoxy) is 2. The molecule has 2 aromatic rings. The number of hydrogen-bond donors (Lipinski definition) is 1. The molecule has 0 saturated heterocycles. The number of carbonyl (C=O) groups is 1. The van der Waals surface area contributed by atoms with E-state index in [2.05, 4.69) is 0 Å². The summed E-state index contributed by atoms with van der Waals surface area (Å²) in [6.45, 7) is 2.54. The highest BCUT2D eigenvalue weighted by Gasteiger charge is 2.40. The van der Waals surface area contributed by atoms with Crippen molar-refractivity contribution in [1.29, 1.82) is 0 Å². The van der Waals surface area contributed by atoms with Crippen molar-refractivity contribution in [3.05, 3.63) is 63.2 Å². The minimum atomic E-state index is -2.63. The monoisotopic (exact) mass is 448 g/mol. The molecule has 1 aliphatic rings. The molecule has 0 saturated carbocycles. The summed E-state index contributed by atoms with van der Waals surface area (Å²) >= 11 is 0. The maximum absolute atomic E-state index is 12.1. The average molecular weight is 448 g/mol. The molecule has 2 atom stereocenters. The molecule has 1 aliphatic heterocycles. The molecule has 0 bridgehead atoms. The van der Waals surface area contributed by atoms with Gasteiger partial charge in [-0.1, -0.05) is 18.2 Å². The lowest BCUT2D eigenvalue weighted by Crippen LogP contribution is -2.29. The fraction of sp³-hybridized carbons (Fsp3) is 0.381. The fourth-order valence-electron chi connectivity index (χ4n) is 4.07. The number of fused-ring (bicyclic) bond motifs is 1. The molecule has 0 aromatic heterocycles. The number of nitro benzene ring substituents is 1. The van der Waals surface area contributed by atoms with Gasteiger partial charge in [-0.05, 0) is 36.6 Å². The number of aldehydes is 1. The first-order chi connectivity index (χ1) is 14.9. The Labute approximate surface area is 181 Å². The van der Waals surface area contributed by atoms with Gasteiger partial charge in [-0.2, -0.15) is 0 Å². The summed E-state index contributed by atoms with van der Waals surface area (Å²) in [4.78, 5) is 24.9. The molecule has 0 amide bonds. The SMILES string of the molecule is CCOc1cc(C(CC[SH](=O)=O)N2Cc3cccc([N+](=O)[O-])c3[C@H]2C=O)ccc1OC. The van der Waals surface area contributed by atoms with Crippen molar-refractivity contribution in [1.82, 2.24) is 4.90 Å². The predicted octanol–water partition coefficient (Wildman–Crippen LogP) is 2.80. The zero-order chi connectivity index (χ0) is 22.5. The van der Waals surface area contributed by atoms with Crippen molar-refractivity contribution in [3.8, 4) is 11.5 Å². The van der Waals surface area contributed by atoms with Gasteiger partial charge in [0.05, 0.1) is 30.2 Å². The molecule has 0 fully saturated rings. The Hall–Kier alpha value is -2.98. The van der Waals surface area contributed by atoms with Gasteiger partial charge in [-0.3, -0.25) is 15.0 Å². The molecule has 9 nitrogen and oxygen atoms in total. The molecule has 1 heterocycles. The maximum Gasteiger partial charge on any atom is 0.274 e. The Bertz CT molecular complexity index is 1050. The van der Waals surface area contributed by atoms with Gasteiger partial charge in [0.25, 0.3) is 5.69 Å². The molecule has 2 aromatic carbocycles. The number of thiol groups is 1. The molecule has 166 valence electrons. The van der Waals surface area contributed by atoms with Gasteiger partial charge in [-0.25, -0.2) is 8.42 Å². The first-order valence-electron chi connectivity index (χ1n) is 9.81. The second-order valence-corrected chi connectivity index (χ2v) is 8.18. The van der Waals surface area contributed by atoms with E-state index in [0.717, 1.165) is 5.56 Å². The van der Waals surface area contributed by atoms with E-state index in [1.54, 1.807) is 35.2 Å². The summed E-state index contributed by atoms with van der Waals surface area (Å²) in [7, 11) is -1.11. The van der Waals surface area contributed by atoms with Crippen LogP contribution >= 0.6 is 0 Å². The van der Waals surface area contributed by atoms with Gasteiger partial charge >= 0.3 is 0 Å². The van der Waals surface area contributed by atoms with Crippen molar-refractivity contribution in [3.63, 3.8) is 0 Å². The number of carbonyl (C=O) groups excluding carboxylic acids is 1. The van der Waals surface area contributed by atoms with Crippen LogP contribution in [0.25, 0.3) is 0 Å². The molecule has 0 N–H and O–H groups in total. The lowest BCUT2D eigenvalue weighted by atomic mass is 9.99. The van der Waals surface area contributed by atoms with Crippen LogP contribution in [0.1, 0.15) is 42.1 Å². The van der Waals surface area contributed by atoms with Crippen LogP contribution in [0.5, 0.6) is 11.5 Å². The normalized spacial score (nSPS) is 16.7. The third-order valence-electron chi connectivity index (χ3n) is 5.36. The zero-order valence-corrected chi connectivity index (χ0v) is 18.1. The van der Waals surface area contributed by atoms with Crippen molar-refractivity contribution < 1.29 is 27.6 Å². The standard InChI is InChI=1S/C21H24N2O7S/c1-3-30-20-11-14(7-8-19(20)29-2)16(9-10-31(27)28)22-12-15-5-4-6-17(23(25)26)21(15)18(22)13-24/h4-8,11,13,16,18,31H,3,9-10,12H2,1-2H3/t16?,18-/m1/s1. The van der Waals surface area contributed by atoms with E-state index in [1.165, 1.54) is 13.2 Å². The van der Waals surface area contributed by atoms with Crippen molar-refractivity contribution in [2.24, 2.45) is 0 Å². The van der Waals surface area contributed by atoms with E-state index >= 15 is 0 Å². The van der Waals surface area contributed by atoms with Gasteiger partial charge in [-0.15, -0.1) is 0 Å². The summed E-state index contributed by atoms with van der Waals surface area (Å²) in [5, 5.41) is 11.5. The third-order valence-corrected chi connectivity index (χ3v) is 5.99. The number of hydrogen-bond acceptors (Lipinski definition) is 8. The van der Waals surface area contributed by atoms with E-state index in [0.29, 0.717) is 35.5 Å². The first kappa shape index (κ1) is 22.7. The Morgan fingerprint density at radius 2 is 2.06 bits per heavy atom. The van der Waals surface area contributed by atoms with E-state index in [1.807, 2.05) is 6.92 Å². The van der Waals surface area contributed by atoms with Crippen LogP contribution in [0.2, 0.25) is 0 Å². The molecule has 0 aliphatic carbocycles. The minimum Gasteiger partial charge on any atom is -0.493 e. The number of nitro groups is 1. The highest BCUT2D eigenvalue weighted by Crippen LogP contribution is 2.45. The zero-order valence-electron chi connectivity index (χ0n) is 17.2. The van der Waals surface area contributed by atoms with E-state index < -0.39 is 27.7 Å². The van der Waals surface area contributed by atoms with Gasteiger partial charge in [0.15, 0.2) is 11.5 Å². The lowest BCUT2D eigenvalue weighted by Gasteiger charge is -2.31. The summed E-state index contributed by atoms with van der Waals surface area (Å²) in [5.41, 5.74) is 1.66. The summed E-state index contributed by atoms with van der Waals surface area (Å²) in [5.74, 6) is 0.951. The molecule has 0 spiro atoms. The van der Waals surface area contributed by atoms with Crippen molar-refractivity contribution in [2.45, 2.75) is 32.0 Å². The Kier molecular flexibility index (Phi) is 7.24. The van der Waals surface area contributed by atoms with Crippen molar-refractivity contribution in [2.75, 3.05) is 19.5 Å². The van der Waals surface area contributed by atoms with Crippen molar-refractivity contribution >= 4 is 22.7 Å².